The molecule has 1 unspecified atom stereocenters. The van der Waals surface area contributed by atoms with Gasteiger partial charge in [0, 0.05) is 5.56 Å². The van der Waals surface area contributed by atoms with Gasteiger partial charge in [0.15, 0.2) is 0 Å². The molecule has 1 atom stereocenters. The second-order valence-corrected chi connectivity index (χ2v) is 2.95. The molecule has 4 N–H and O–H groups in total. The molecule has 0 bridgehead atoms. The van der Waals surface area contributed by atoms with Crippen LogP contribution in [0.3, 0.4) is 0 Å². The first-order valence-electron chi connectivity index (χ1n) is 3.79. The molecule has 1 aromatic carbocycles. The minimum Gasteiger partial charge on any atom is -0.365 e. The monoisotopic (exact) mass is 182 g/mol. The Hall–Kier alpha value is -1.42. The quantitative estimate of drug-likeness (QED) is 0.656. The van der Waals surface area contributed by atoms with Gasteiger partial charge in [-0.05, 0) is 6.92 Å². The Morgan fingerprint density at radius 1 is 1.54 bits per heavy atom. The molecule has 1 rings (SSSR count). The van der Waals surface area contributed by atoms with Gasteiger partial charge < -0.3 is 5.73 Å². The van der Waals surface area contributed by atoms with Crippen LogP contribution in [0.15, 0.2) is 24.3 Å². The molecular weight excluding hydrogens is 171 g/mol. The number of hydrogen-bond acceptors (Lipinski definition) is 2. The predicted octanol–water partition coefficient (Wildman–Crippen LogP) is 0.561. The van der Waals surface area contributed by atoms with Gasteiger partial charge >= 0.3 is 0 Å². The van der Waals surface area contributed by atoms with Gasteiger partial charge in [-0.15, -0.1) is 0 Å². The Morgan fingerprint density at radius 2 is 2.15 bits per heavy atom. The van der Waals surface area contributed by atoms with Crippen molar-refractivity contribution in [2.45, 2.75) is 12.7 Å². The first-order chi connectivity index (χ1) is 5.94. The minimum absolute atomic E-state index is 0.0833. The first kappa shape index (κ1) is 9.67. The predicted molar refractivity (Wildman–Crippen MR) is 47.3 cm³/mol. The fourth-order valence-electron chi connectivity index (χ4n) is 1.01. The summed E-state index contributed by atoms with van der Waals surface area (Å²) in [4.78, 5) is 10.7. The van der Waals surface area contributed by atoms with E-state index in [-0.39, 0.29) is 5.56 Å². The number of halogens is 1. The lowest BCUT2D eigenvalue weighted by atomic mass is 10.0. The summed E-state index contributed by atoms with van der Waals surface area (Å²) in [5.74, 6) is -3.76. The summed E-state index contributed by atoms with van der Waals surface area (Å²) in [6.45, 7) is 1.78. The average molecular weight is 182 g/mol. The highest BCUT2D eigenvalue weighted by atomic mass is 19.1. The lowest BCUT2D eigenvalue weighted by Gasteiger charge is -2.16. The van der Waals surface area contributed by atoms with Crippen LogP contribution in [0, 0.1) is 6.92 Å². The number of alkyl halides is 1. The van der Waals surface area contributed by atoms with E-state index in [1.54, 1.807) is 19.1 Å². The summed E-state index contributed by atoms with van der Waals surface area (Å²) in [6, 6.07) is 6.32. The Balaban J connectivity index is 3.14. The largest absolute Gasteiger partial charge is 0.365 e. The van der Waals surface area contributed by atoms with E-state index in [1.165, 1.54) is 12.1 Å². The van der Waals surface area contributed by atoms with Crippen molar-refractivity contribution in [3.63, 3.8) is 0 Å². The number of primary amides is 1. The molecule has 0 radical (unpaired) electrons. The fraction of sp³-hybridized carbons (Fsp3) is 0.222. The number of aryl methyl sites for hydroxylation is 1. The molecule has 1 amide bonds. The van der Waals surface area contributed by atoms with E-state index in [9.17, 15) is 9.18 Å². The summed E-state index contributed by atoms with van der Waals surface area (Å²) in [6.07, 6.45) is 0. The summed E-state index contributed by atoms with van der Waals surface area (Å²) in [7, 11) is 0. The Kier molecular flexibility index (Phi) is 2.34. The van der Waals surface area contributed by atoms with Crippen LogP contribution >= 0.6 is 0 Å². The maximum atomic E-state index is 13.4. The average Bonchev–Trinajstić information content (AvgIpc) is 2.04. The van der Waals surface area contributed by atoms with E-state index in [2.05, 4.69) is 0 Å². The molecule has 4 heteroatoms. The molecule has 1 aromatic rings. The third-order valence-electron chi connectivity index (χ3n) is 1.80. The second-order valence-electron chi connectivity index (χ2n) is 2.95. The molecule has 0 aliphatic heterocycles. The van der Waals surface area contributed by atoms with Crippen LogP contribution < -0.4 is 11.5 Å². The number of nitrogens with two attached hydrogens (primary N) is 2. The van der Waals surface area contributed by atoms with E-state index in [0.29, 0.717) is 0 Å². The van der Waals surface area contributed by atoms with Gasteiger partial charge in [0.25, 0.3) is 11.7 Å². The Labute approximate surface area is 75.5 Å². The molecule has 3 nitrogen and oxygen atoms in total. The normalized spacial score (nSPS) is 15.0. The number of amides is 1. The van der Waals surface area contributed by atoms with E-state index >= 15 is 0 Å². The smallest absolute Gasteiger partial charge is 0.274 e. The van der Waals surface area contributed by atoms with Gasteiger partial charge in [0.1, 0.15) is 0 Å². The van der Waals surface area contributed by atoms with Crippen LogP contribution in [0.25, 0.3) is 0 Å². The zero-order chi connectivity index (χ0) is 10.1. The van der Waals surface area contributed by atoms with Gasteiger partial charge in [-0.2, -0.15) is 0 Å². The maximum absolute atomic E-state index is 13.4. The van der Waals surface area contributed by atoms with Crippen LogP contribution in [-0.2, 0) is 10.6 Å². The van der Waals surface area contributed by atoms with E-state index in [4.69, 9.17) is 11.5 Å². The highest BCUT2D eigenvalue weighted by Gasteiger charge is 2.33. The van der Waals surface area contributed by atoms with Crippen LogP contribution in [0.4, 0.5) is 4.39 Å². The summed E-state index contributed by atoms with van der Waals surface area (Å²) >= 11 is 0. The molecule has 0 aliphatic rings. The zero-order valence-electron chi connectivity index (χ0n) is 7.25. The van der Waals surface area contributed by atoms with Crippen LogP contribution in [0.1, 0.15) is 11.1 Å². The number of carbonyl (C=O) groups excluding carboxylic acids is 1. The van der Waals surface area contributed by atoms with Gasteiger partial charge in [-0.25, -0.2) is 4.39 Å². The van der Waals surface area contributed by atoms with Crippen molar-refractivity contribution in [1.82, 2.24) is 0 Å². The summed E-state index contributed by atoms with van der Waals surface area (Å²) in [5, 5.41) is 0. The van der Waals surface area contributed by atoms with E-state index in [1.807, 2.05) is 0 Å². The highest BCUT2D eigenvalue weighted by molar-refractivity contribution is 5.84. The molecule has 0 spiro atoms. The molecule has 70 valence electrons. The van der Waals surface area contributed by atoms with Crippen molar-refractivity contribution in [3.8, 4) is 0 Å². The van der Waals surface area contributed by atoms with Crippen LogP contribution in [0.5, 0.6) is 0 Å². The van der Waals surface area contributed by atoms with Crippen molar-refractivity contribution in [2.75, 3.05) is 0 Å². The second kappa shape index (κ2) is 3.14. The van der Waals surface area contributed by atoms with E-state index in [0.717, 1.165) is 5.56 Å². The standard InChI is InChI=1S/C9H11FN2O/c1-6-3-2-4-7(5-6)9(10,12)8(11)13/h2-5H,12H2,1H3,(H2,11,13). The molecule has 0 aliphatic carbocycles. The van der Waals surface area contributed by atoms with Crippen molar-refractivity contribution in [1.29, 1.82) is 0 Å². The Morgan fingerprint density at radius 3 is 2.62 bits per heavy atom. The zero-order valence-corrected chi connectivity index (χ0v) is 7.25. The Bertz CT molecular complexity index is 336. The number of benzene rings is 1. The molecule has 13 heavy (non-hydrogen) atoms. The van der Waals surface area contributed by atoms with Gasteiger partial charge in [0.05, 0.1) is 0 Å². The summed E-state index contributed by atoms with van der Waals surface area (Å²) in [5.41, 5.74) is 10.8. The number of carbonyl (C=O) groups is 1. The molecule has 0 heterocycles. The SMILES string of the molecule is Cc1cccc(C(N)(F)C(N)=O)c1. The van der Waals surface area contributed by atoms with Gasteiger partial charge in [-0.3, -0.25) is 10.5 Å². The molecule has 0 aromatic heterocycles. The third kappa shape index (κ3) is 1.84. The molecule has 0 saturated heterocycles. The van der Waals surface area contributed by atoms with Gasteiger partial charge in [-0.1, -0.05) is 29.8 Å². The number of hydrogen-bond donors (Lipinski definition) is 2. The molecule has 0 saturated carbocycles. The van der Waals surface area contributed by atoms with Crippen LogP contribution in [-0.4, -0.2) is 5.91 Å². The van der Waals surface area contributed by atoms with Crippen molar-refractivity contribution in [3.05, 3.63) is 35.4 Å². The summed E-state index contributed by atoms with van der Waals surface area (Å²) < 4.78 is 13.4. The minimum atomic E-state index is -2.58. The van der Waals surface area contributed by atoms with Crippen molar-refractivity contribution in [2.24, 2.45) is 11.5 Å². The lowest BCUT2D eigenvalue weighted by molar-refractivity contribution is -0.129. The highest BCUT2D eigenvalue weighted by Crippen LogP contribution is 2.19. The topological polar surface area (TPSA) is 69.1 Å². The maximum Gasteiger partial charge on any atom is 0.274 e. The van der Waals surface area contributed by atoms with Crippen molar-refractivity contribution < 1.29 is 9.18 Å². The first-order valence-corrected chi connectivity index (χ1v) is 3.79. The fourth-order valence-corrected chi connectivity index (χ4v) is 1.01. The molecule has 0 fully saturated rings. The molecular formula is C9H11FN2O. The lowest BCUT2D eigenvalue weighted by Crippen LogP contribution is -2.45. The van der Waals surface area contributed by atoms with Gasteiger partial charge in [0.2, 0.25) is 0 Å². The van der Waals surface area contributed by atoms with Crippen LogP contribution in [0.2, 0.25) is 0 Å². The third-order valence-corrected chi connectivity index (χ3v) is 1.80. The number of rotatable bonds is 2. The van der Waals surface area contributed by atoms with E-state index < -0.39 is 11.7 Å². The van der Waals surface area contributed by atoms with Crippen molar-refractivity contribution >= 4 is 5.91 Å².